The first-order valence-electron chi connectivity index (χ1n) is 4.38. The van der Waals surface area contributed by atoms with E-state index in [1.54, 1.807) is 12.1 Å². The van der Waals surface area contributed by atoms with Crippen molar-refractivity contribution in [2.45, 2.75) is 0 Å². The zero-order chi connectivity index (χ0) is 9.97. The van der Waals surface area contributed by atoms with Crippen molar-refractivity contribution in [3.63, 3.8) is 0 Å². The molecule has 70 valence electrons. The molecule has 0 aromatic carbocycles. The predicted octanol–water partition coefficient (Wildman–Crippen LogP) is 2.16. The Balaban J connectivity index is 2.77. The highest BCUT2D eigenvalue weighted by Gasteiger charge is 2.04. The van der Waals surface area contributed by atoms with Gasteiger partial charge in [0.25, 0.3) is 0 Å². The minimum Gasteiger partial charge on any atom is -0.493 e. The summed E-state index contributed by atoms with van der Waals surface area (Å²) in [7, 11) is 1.51. The largest absolute Gasteiger partial charge is 0.493 e. The number of ether oxygens (including phenoxy) is 1. The molecule has 0 saturated heterocycles. The van der Waals surface area contributed by atoms with Gasteiger partial charge in [-0.25, -0.2) is 0 Å². The van der Waals surface area contributed by atoms with E-state index in [2.05, 4.69) is 0 Å². The summed E-state index contributed by atoms with van der Waals surface area (Å²) in [6, 6.07) is 13.0. The molecule has 0 spiro atoms. The standard InChI is InChI=1S/C12H10O2/c1-14-12-8-10-6-4-2-3-5-9(10)7-11(12)13/h2-8H,1H3. The molecule has 0 amide bonds. The van der Waals surface area contributed by atoms with Gasteiger partial charge in [0.1, 0.15) is 0 Å². The average molecular weight is 186 g/mol. The van der Waals surface area contributed by atoms with E-state index in [0.717, 1.165) is 11.1 Å². The molecule has 0 atom stereocenters. The SMILES string of the molecule is COc1cc2cccccc-2cc1=O. The first-order chi connectivity index (χ1) is 6.81. The molecule has 0 heterocycles. The van der Waals surface area contributed by atoms with Crippen molar-refractivity contribution in [2.75, 3.05) is 7.11 Å². The molecular formula is C12H10O2. The molecule has 14 heavy (non-hydrogen) atoms. The lowest BCUT2D eigenvalue weighted by molar-refractivity contribution is 0.411. The highest BCUT2D eigenvalue weighted by atomic mass is 16.5. The lowest BCUT2D eigenvalue weighted by Crippen LogP contribution is -2.04. The zero-order valence-corrected chi connectivity index (χ0v) is 7.86. The summed E-state index contributed by atoms with van der Waals surface area (Å²) in [5.74, 6) is 0.392. The molecule has 0 fully saturated rings. The first-order valence-corrected chi connectivity index (χ1v) is 4.38. The molecule has 2 aliphatic carbocycles. The molecule has 0 radical (unpaired) electrons. The van der Waals surface area contributed by atoms with Crippen LogP contribution in [0, 0.1) is 0 Å². The molecule has 0 bridgehead atoms. The number of fused-ring (bicyclic) bond motifs is 1. The second-order valence-corrected chi connectivity index (χ2v) is 3.04. The van der Waals surface area contributed by atoms with E-state index in [0.29, 0.717) is 5.75 Å². The van der Waals surface area contributed by atoms with Crippen molar-refractivity contribution >= 4 is 0 Å². The Labute approximate surface area is 82.1 Å². The predicted molar refractivity (Wildman–Crippen MR) is 55.9 cm³/mol. The van der Waals surface area contributed by atoms with Gasteiger partial charge < -0.3 is 4.74 Å². The van der Waals surface area contributed by atoms with Crippen LogP contribution in [0.5, 0.6) is 5.75 Å². The fraction of sp³-hybridized carbons (Fsp3) is 0.0833. The van der Waals surface area contributed by atoms with E-state index in [4.69, 9.17) is 4.74 Å². The molecule has 0 aliphatic heterocycles. The lowest BCUT2D eigenvalue weighted by atomic mass is 10.1. The Kier molecular flexibility index (Phi) is 2.19. The highest BCUT2D eigenvalue weighted by molar-refractivity contribution is 5.66. The fourth-order valence-electron chi connectivity index (χ4n) is 1.42. The van der Waals surface area contributed by atoms with Gasteiger partial charge in [-0.3, -0.25) is 4.79 Å². The van der Waals surface area contributed by atoms with Crippen molar-refractivity contribution in [2.24, 2.45) is 0 Å². The van der Waals surface area contributed by atoms with E-state index in [1.807, 2.05) is 30.3 Å². The second-order valence-electron chi connectivity index (χ2n) is 3.04. The van der Waals surface area contributed by atoms with Crippen molar-refractivity contribution < 1.29 is 4.74 Å². The molecule has 2 nitrogen and oxygen atoms in total. The Morgan fingerprint density at radius 2 is 1.64 bits per heavy atom. The maximum Gasteiger partial charge on any atom is 0.220 e. The number of methoxy groups -OCH3 is 1. The topological polar surface area (TPSA) is 26.3 Å². The molecule has 0 saturated carbocycles. The molecule has 2 rings (SSSR count). The molecular weight excluding hydrogens is 176 g/mol. The summed E-state index contributed by atoms with van der Waals surface area (Å²) in [4.78, 5) is 11.4. The minimum absolute atomic E-state index is 0.0776. The van der Waals surface area contributed by atoms with Crippen LogP contribution < -0.4 is 10.2 Å². The fourth-order valence-corrected chi connectivity index (χ4v) is 1.42. The van der Waals surface area contributed by atoms with Gasteiger partial charge in [0.15, 0.2) is 5.75 Å². The number of hydrogen-bond donors (Lipinski definition) is 0. The normalized spacial score (nSPS) is 10.1. The average Bonchev–Trinajstić information content (AvgIpc) is 2.41. The van der Waals surface area contributed by atoms with Crippen LogP contribution in [0.25, 0.3) is 11.1 Å². The van der Waals surface area contributed by atoms with Gasteiger partial charge >= 0.3 is 0 Å². The molecule has 2 aliphatic rings. The van der Waals surface area contributed by atoms with Crippen molar-refractivity contribution in [1.82, 2.24) is 0 Å². The van der Waals surface area contributed by atoms with E-state index in [-0.39, 0.29) is 5.43 Å². The number of benzene rings is 1. The van der Waals surface area contributed by atoms with Crippen LogP contribution in [0.15, 0.2) is 47.3 Å². The van der Waals surface area contributed by atoms with E-state index >= 15 is 0 Å². The van der Waals surface area contributed by atoms with Gasteiger partial charge in [0, 0.05) is 0 Å². The maximum atomic E-state index is 11.4. The van der Waals surface area contributed by atoms with Crippen LogP contribution in [-0.2, 0) is 0 Å². The summed E-state index contributed by atoms with van der Waals surface area (Å²) >= 11 is 0. The van der Waals surface area contributed by atoms with Crippen LogP contribution in [0.2, 0.25) is 0 Å². The quantitative estimate of drug-likeness (QED) is 0.682. The van der Waals surface area contributed by atoms with E-state index in [9.17, 15) is 4.79 Å². The van der Waals surface area contributed by atoms with Gasteiger partial charge in [-0.1, -0.05) is 30.3 Å². The summed E-state index contributed by atoms with van der Waals surface area (Å²) in [5, 5.41) is 0. The summed E-state index contributed by atoms with van der Waals surface area (Å²) in [6.45, 7) is 0. The summed E-state index contributed by atoms with van der Waals surface area (Å²) in [5.41, 5.74) is 1.86. The van der Waals surface area contributed by atoms with Gasteiger partial charge in [-0.2, -0.15) is 0 Å². The third kappa shape index (κ3) is 1.46. The Hall–Kier alpha value is -1.83. The smallest absolute Gasteiger partial charge is 0.220 e. The van der Waals surface area contributed by atoms with E-state index in [1.165, 1.54) is 7.11 Å². The van der Waals surface area contributed by atoms with Gasteiger partial charge in [-0.05, 0) is 23.3 Å². The molecule has 0 aromatic heterocycles. The first kappa shape index (κ1) is 8.75. The van der Waals surface area contributed by atoms with Crippen molar-refractivity contribution in [1.29, 1.82) is 0 Å². The maximum absolute atomic E-state index is 11.4. The minimum atomic E-state index is -0.0776. The number of hydrogen-bond acceptors (Lipinski definition) is 2. The Morgan fingerprint density at radius 1 is 1.00 bits per heavy atom. The molecule has 0 N–H and O–H groups in total. The van der Waals surface area contributed by atoms with Crippen LogP contribution in [0.3, 0.4) is 0 Å². The third-order valence-electron chi connectivity index (χ3n) is 2.14. The van der Waals surface area contributed by atoms with Crippen LogP contribution in [0.1, 0.15) is 0 Å². The zero-order valence-electron chi connectivity index (χ0n) is 7.86. The third-order valence-corrected chi connectivity index (χ3v) is 2.14. The van der Waals surface area contributed by atoms with Gasteiger partial charge in [0.2, 0.25) is 5.43 Å². The van der Waals surface area contributed by atoms with Crippen LogP contribution in [0.4, 0.5) is 0 Å². The highest BCUT2D eigenvalue weighted by Crippen LogP contribution is 2.21. The monoisotopic (exact) mass is 186 g/mol. The van der Waals surface area contributed by atoms with Crippen LogP contribution in [-0.4, -0.2) is 7.11 Å². The van der Waals surface area contributed by atoms with Gasteiger partial charge in [-0.15, -0.1) is 0 Å². The van der Waals surface area contributed by atoms with Crippen LogP contribution >= 0.6 is 0 Å². The number of rotatable bonds is 1. The molecule has 0 aromatic rings. The summed E-state index contributed by atoms with van der Waals surface area (Å²) < 4.78 is 4.97. The molecule has 0 unspecified atom stereocenters. The Morgan fingerprint density at radius 3 is 2.29 bits per heavy atom. The van der Waals surface area contributed by atoms with Crippen molar-refractivity contribution in [3.05, 3.63) is 52.7 Å². The Bertz CT molecular complexity index is 477. The molecule has 2 heteroatoms. The second kappa shape index (κ2) is 3.50. The lowest BCUT2D eigenvalue weighted by Gasteiger charge is -2.03. The van der Waals surface area contributed by atoms with E-state index < -0.39 is 0 Å². The van der Waals surface area contributed by atoms with Gasteiger partial charge in [0.05, 0.1) is 7.11 Å². The van der Waals surface area contributed by atoms with Crippen molar-refractivity contribution in [3.8, 4) is 16.9 Å². The summed E-state index contributed by atoms with van der Waals surface area (Å²) in [6.07, 6.45) is 0.